The third-order valence-electron chi connectivity index (χ3n) is 2.82. The third-order valence-corrected chi connectivity index (χ3v) is 6.16. The zero-order valence-electron chi connectivity index (χ0n) is 8.96. The van der Waals surface area contributed by atoms with Gasteiger partial charge in [0.15, 0.2) is 0 Å². The highest BCUT2D eigenvalue weighted by Crippen LogP contribution is 2.49. The molecule has 0 saturated heterocycles. The maximum absolute atomic E-state index is 11.5. The summed E-state index contributed by atoms with van der Waals surface area (Å²) in [5, 5.41) is 6.19. The van der Waals surface area contributed by atoms with Gasteiger partial charge in [-0.15, -0.1) is 34.4 Å². The van der Waals surface area contributed by atoms with Crippen molar-refractivity contribution in [3.05, 3.63) is 45.3 Å². The Labute approximate surface area is 112 Å². The molecule has 0 bridgehead atoms. The van der Waals surface area contributed by atoms with Crippen molar-refractivity contribution in [3.63, 3.8) is 0 Å². The van der Waals surface area contributed by atoms with E-state index in [-0.39, 0.29) is 4.75 Å². The lowest BCUT2D eigenvalue weighted by Crippen LogP contribution is -2.19. The van der Waals surface area contributed by atoms with E-state index in [0.717, 1.165) is 12.7 Å². The van der Waals surface area contributed by atoms with Crippen LogP contribution in [0.5, 0.6) is 0 Å². The van der Waals surface area contributed by atoms with E-state index < -0.39 is 0 Å². The average Bonchev–Trinajstić information content (AvgIpc) is 3.10. The van der Waals surface area contributed by atoms with E-state index in [1.54, 1.807) is 34.4 Å². The van der Waals surface area contributed by atoms with Gasteiger partial charge < -0.3 is 4.79 Å². The Morgan fingerprint density at radius 1 is 1.24 bits per heavy atom. The quantitative estimate of drug-likeness (QED) is 0.768. The maximum atomic E-state index is 11.5. The first-order chi connectivity index (χ1) is 8.36. The van der Waals surface area contributed by atoms with Gasteiger partial charge in [-0.1, -0.05) is 12.1 Å². The normalized spacial score (nSPS) is 23.1. The van der Waals surface area contributed by atoms with Crippen molar-refractivity contribution in [3.8, 4) is 10.4 Å². The van der Waals surface area contributed by atoms with E-state index >= 15 is 0 Å². The van der Waals surface area contributed by atoms with E-state index in [2.05, 4.69) is 35.0 Å². The van der Waals surface area contributed by atoms with Gasteiger partial charge in [0, 0.05) is 15.3 Å². The molecule has 3 heterocycles. The number of hydrogen-bond acceptors (Lipinski definition) is 4. The molecule has 1 atom stereocenters. The largest absolute Gasteiger partial charge is 0.301 e. The number of thiophene rings is 2. The summed E-state index contributed by atoms with van der Waals surface area (Å²) in [7, 11) is 0. The van der Waals surface area contributed by atoms with Gasteiger partial charge in [-0.05, 0) is 34.7 Å². The molecule has 1 unspecified atom stereocenters. The molecule has 0 radical (unpaired) electrons. The number of allylic oxidation sites excluding steroid dienone is 1. The van der Waals surface area contributed by atoms with Crippen molar-refractivity contribution in [2.45, 2.75) is 11.2 Å². The summed E-state index contributed by atoms with van der Waals surface area (Å²) in [6.45, 7) is 0. The number of rotatable bonds is 3. The predicted octanol–water partition coefficient (Wildman–Crippen LogP) is 4.52. The van der Waals surface area contributed by atoms with Gasteiger partial charge in [0.1, 0.15) is 11.0 Å². The van der Waals surface area contributed by atoms with Crippen LogP contribution in [0.15, 0.2) is 40.4 Å². The minimum absolute atomic E-state index is 0.381. The fourth-order valence-electron chi connectivity index (χ4n) is 1.98. The Bertz CT molecular complexity index is 543. The van der Waals surface area contributed by atoms with Gasteiger partial charge in [-0.25, -0.2) is 0 Å². The lowest BCUT2D eigenvalue weighted by molar-refractivity contribution is -0.109. The van der Waals surface area contributed by atoms with E-state index in [9.17, 15) is 4.79 Å². The van der Waals surface area contributed by atoms with Gasteiger partial charge in [0.05, 0.1) is 0 Å². The Morgan fingerprint density at radius 2 is 2.18 bits per heavy atom. The molecule has 3 rings (SSSR count). The number of thioether (sulfide) groups is 1. The van der Waals surface area contributed by atoms with Crippen LogP contribution in [-0.2, 0) is 9.54 Å². The van der Waals surface area contributed by atoms with Crippen LogP contribution in [0.25, 0.3) is 10.4 Å². The van der Waals surface area contributed by atoms with Crippen molar-refractivity contribution in [2.75, 3.05) is 0 Å². The highest BCUT2D eigenvalue weighted by molar-refractivity contribution is 8.04. The Balaban J connectivity index is 2.10. The Morgan fingerprint density at radius 3 is 2.82 bits per heavy atom. The lowest BCUT2D eigenvalue weighted by Gasteiger charge is -2.20. The molecule has 4 heteroatoms. The number of hydrogen-bond donors (Lipinski definition) is 0. The fourth-order valence-corrected chi connectivity index (χ4v) is 4.97. The maximum Gasteiger partial charge on any atom is 0.142 e. The highest BCUT2D eigenvalue weighted by Gasteiger charge is 2.37. The number of aldehydes is 1. The molecular formula is C13H10OS3. The van der Waals surface area contributed by atoms with Crippen LogP contribution in [0.1, 0.15) is 11.3 Å². The average molecular weight is 278 g/mol. The van der Waals surface area contributed by atoms with Crippen LogP contribution in [0.3, 0.4) is 0 Å². The second-order valence-electron chi connectivity index (χ2n) is 3.84. The van der Waals surface area contributed by atoms with Gasteiger partial charge in [0.2, 0.25) is 0 Å². The minimum Gasteiger partial charge on any atom is -0.301 e. The molecule has 1 nitrogen and oxygen atoms in total. The molecule has 86 valence electrons. The van der Waals surface area contributed by atoms with Crippen molar-refractivity contribution >= 4 is 40.7 Å². The summed E-state index contributed by atoms with van der Waals surface area (Å²) < 4.78 is -0.381. The predicted molar refractivity (Wildman–Crippen MR) is 76.7 cm³/mol. The third kappa shape index (κ3) is 1.80. The molecule has 0 spiro atoms. The zero-order valence-corrected chi connectivity index (χ0v) is 11.4. The molecule has 2 aromatic rings. The molecule has 0 amide bonds. The topological polar surface area (TPSA) is 17.1 Å². The fraction of sp³-hybridized carbons (Fsp3) is 0.154. The smallest absolute Gasteiger partial charge is 0.142 e. The van der Waals surface area contributed by atoms with E-state index in [4.69, 9.17) is 0 Å². The van der Waals surface area contributed by atoms with Gasteiger partial charge in [0.25, 0.3) is 0 Å². The molecular weight excluding hydrogens is 268 g/mol. The molecule has 0 fully saturated rings. The van der Waals surface area contributed by atoms with Gasteiger partial charge in [-0.2, -0.15) is 0 Å². The summed E-state index contributed by atoms with van der Waals surface area (Å²) in [5.41, 5.74) is 1.22. The van der Waals surface area contributed by atoms with Crippen LogP contribution in [0, 0.1) is 0 Å². The standard InChI is InChI=1S/C13H10OS3/c14-9-13(5-2-7-17-13)12-10(4-8-16-12)11-3-1-6-15-11/h1-4,6-9H,5H2. The molecule has 0 N–H and O–H groups in total. The zero-order chi connectivity index (χ0) is 11.7. The second-order valence-corrected chi connectivity index (χ2v) is 6.94. The molecule has 0 aromatic carbocycles. The number of carbonyl (C=O) groups excluding carboxylic acids is 1. The minimum atomic E-state index is -0.381. The van der Waals surface area contributed by atoms with Crippen LogP contribution < -0.4 is 0 Å². The first-order valence-corrected chi connectivity index (χ1v) is 7.91. The van der Waals surface area contributed by atoms with Crippen LogP contribution in [-0.4, -0.2) is 6.29 Å². The van der Waals surface area contributed by atoms with Crippen molar-refractivity contribution < 1.29 is 4.79 Å². The molecule has 1 aliphatic heterocycles. The summed E-state index contributed by atoms with van der Waals surface area (Å²) in [4.78, 5) is 13.9. The summed E-state index contributed by atoms with van der Waals surface area (Å²) >= 11 is 5.03. The molecule has 2 aromatic heterocycles. The molecule has 0 aliphatic carbocycles. The van der Waals surface area contributed by atoms with Crippen molar-refractivity contribution in [1.82, 2.24) is 0 Å². The number of carbonyl (C=O) groups is 1. The summed E-state index contributed by atoms with van der Waals surface area (Å²) in [6.07, 6.45) is 3.98. The first kappa shape index (κ1) is 11.3. The van der Waals surface area contributed by atoms with Gasteiger partial charge in [-0.3, -0.25) is 0 Å². The lowest BCUT2D eigenvalue weighted by atomic mass is 10.0. The van der Waals surface area contributed by atoms with E-state index in [1.807, 2.05) is 5.41 Å². The Hall–Kier alpha value is -0.840. The van der Waals surface area contributed by atoms with Crippen LogP contribution in [0.4, 0.5) is 0 Å². The Kier molecular flexibility index (Phi) is 2.94. The summed E-state index contributed by atoms with van der Waals surface area (Å²) in [5.74, 6) is 0. The van der Waals surface area contributed by atoms with Gasteiger partial charge >= 0.3 is 0 Å². The second kappa shape index (κ2) is 4.44. The monoisotopic (exact) mass is 278 g/mol. The first-order valence-electron chi connectivity index (χ1n) is 5.27. The SMILES string of the molecule is O=CC1(c2sccc2-c2cccs2)CC=CS1. The summed E-state index contributed by atoms with van der Waals surface area (Å²) in [6, 6.07) is 6.28. The highest BCUT2D eigenvalue weighted by atomic mass is 32.2. The van der Waals surface area contributed by atoms with Crippen LogP contribution in [0.2, 0.25) is 0 Å². The molecule has 17 heavy (non-hydrogen) atoms. The van der Waals surface area contributed by atoms with Crippen molar-refractivity contribution in [2.24, 2.45) is 0 Å². The van der Waals surface area contributed by atoms with Crippen LogP contribution >= 0.6 is 34.4 Å². The van der Waals surface area contributed by atoms with E-state index in [0.29, 0.717) is 0 Å². The van der Waals surface area contributed by atoms with Crippen molar-refractivity contribution in [1.29, 1.82) is 0 Å². The van der Waals surface area contributed by atoms with E-state index in [1.165, 1.54) is 15.3 Å². The molecule has 1 aliphatic rings. The molecule has 0 saturated carbocycles.